The molecule has 1 atom stereocenters. The molecule has 20 heavy (non-hydrogen) atoms. The van der Waals surface area contributed by atoms with Crippen molar-refractivity contribution in [3.63, 3.8) is 0 Å². The topological polar surface area (TPSA) is 42.7 Å². The molecule has 0 spiro atoms. The Kier molecular flexibility index (Phi) is 4.10. The molecule has 4 heteroatoms. The molecule has 0 N–H and O–H groups in total. The van der Waals surface area contributed by atoms with Crippen LogP contribution in [0.5, 0.6) is 0 Å². The number of hydrogen-bond donors (Lipinski definition) is 0. The molecule has 0 aromatic carbocycles. The SMILES string of the molecule is CCc1occc1C(=O)N1CCC(C2CCOCC2)C1. The van der Waals surface area contributed by atoms with E-state index in [0.717, 1.165) is 69.2 Å². The molecule has 1 unspecified atom stereocenters. The van der Waals surface area contributed by atoms with Gasteiger partial charge in [-0.05, 0) is 37.2 Å². The van der Waals surface area contributed by atoms with E-state index >= 15 is 0 Å². The van der Waals surface area contributed by atoms with E-state index in [0.29, 0.717) is 5.92 Å². The van der Waals surface area contributed by atoms with Gasteiger partial charge in [0.2, 0.25) is 0 Å². The molecular formula is C16H23NO3. The van der Waals surface area contributed by atoms with E-state index in [-0.39, 0.29) is 5.91 Å². The number of amides is 1. The number of aryl methyl sites for hydroxylation is 1. The van der Waals surface area contributed by atoms with Crippen LogP contribution in [0.15, 0.2) is 16.7 Å². The Morgan fingerprint density at radius 1 is 1.30 bits per heavy atom. The smallest absolute Gasteiger partial charge is 0.257 e. The first kappa shape index (κ1) is 13.7. The van der Waals surface area contributed by atoms with Gasteiger partial charge in [-0.2, -0.15) is 0 Å². The molecule has 0 aliphatic carbocycles. The highest BCUT2D eigenvalue weighted by Crippen LogP contribution is 2.32. The normalized spacial score (nSPS) is 24.2. The average Bonchev–Trinajstić information content (AvgIpc) is 3.16. The Morgan fingerprint density at radius 2 is 2.10 bits per heavy atom. The summed E-state index contributed by atoms with van der Waals surface area (Å²) in [5, 5.41) is 0. The van der Waals surface area contributed by atoms with Crippen LogP contribution >= 0.6 is 0 Å². The van der Waals surface area contributed by atoms with Crippen LogP contribution in [0, 0.1) is 11.8 Å². The highest BCUT2D eigenvalue weighted by atomic mass is 16.5. The summed E-state index contributed by atoms with van der Waals surface area (Å²) in [5.74, 6) is 2.34. The molecule has 2 aliphatic rings. The van der Waals surface area contributed by atoms with Crippen molar-refractivity contribution in [1.82, 2.24) is 4.90 Å². The number of furan rings is 1. The molecule has 2 saturated heterocycles. The molecule has 0 radical (unpaired) electrons. The fraction of sp³-hybridized carbons (Fsp3) is 0.688. The minimum absolute atomic E-state index is 0.144. The lowest BCUT2D eigenvalue weighted by Gasteiger charge is -2.27. The Morgan fingerprint density at radius 3 is 2.85 bits per heavy atom. The van der Waals surface area contributed by atoms with Gasteiger partial charge in [-0.1, -0.05) is 6.92 Å². The van der Waals surface area contributed by atoms with E-state index in [4.69, 9.17) is 9.15 Å². The summed E-state index contributed by atoms with van der Waals surface area (Å²) in [6.07, 6.45) is 5.83. The van der Waals surface area contributed by atoms with Gasteiger partial charge in [0.15, 0.2) is 0 Å². The second-order valence-corrected chi connectivity index (χ2v) is 5.86. The van der Waals surface area contributed by atoms with Gasteiger partial charge >= 0.3 is 0 Å². The van der Waals surface area contributed by atoms with E-state index in [1.165, 1.54) is 0 Å². The lowest BCUT2D eigenvalue weighted by molar-refractivity contribution is 0.0471. The monoisotopic (exact) mass is 277 g/mol. The Hall–Kier alpha value is -1.29. The molecule has 1 aromatic heterocycles. The molecule has 3 rings (SSSR count). The molecule has 2 fully saturated rings. The maximum absolute atomic E-state index is 12.6. The van der Waals surface area contributed by atoms with E-state index in [9.17, 15) is 4.79 Å². The predicted molar refractivity (Wildman–Crippen MR) is 75.6 cm³/mol. The van der Waals surface area contributed by atoms with Crippen LogP contribution in [0.3, 0.4) is 0 Å². The third-order valence-electron chi connectivity index (χ3n) is 4.74. The summed E-state index contributed by atoms with van der Waals surface area (Å²) in [5.41, 5.74) is 0.750. The highest BCUT2D eigenvalue weighted by molar-refractivity contribution is 5.95. The summed E-state index contributed by atoms with van der Waals surface area (Å²) >= 11 is 0. The highest BCUT2D eigenvalue weighted by Gasteiger charge is 2.33. The van der Waals surface area contributed by atoms with E-state index in [2.05, 4.69) is 0 Å². The number of ether oxygens (including phenoxy) is 1. The zero-order valence-electron chi connectivity index (χ0n) is 12.1. The summed E-state index contributed by atoms with van der Waals surface area (Å²) in [6, 6.07) is 1.81. The predicted octanol–water partition coefficient (Wildman–Crippen LogP) is 2.73. The molecule has 0 saturated carbocycles. The summed E-state index contributed by atoms with van der Waals surface area (Å²) in [6.45, 7) is 5.57. The molecular weight excluding hydrogens is 254 g/mol. The van der Waals surface area contributed by atoms with Crippen LogP contribution < -0.4 is 0 Å². The zero-order chi connectivity index (χ0) is 13.9. The van der Waals surface area contributed by atoms with Gasteiger partial charge in [0.25, 0.3) is 5.91 Å². The first-order valence-electron chi connectivity index (χ1n) is 7.73. The van der Waals surface area contributed by atoms with E-state index < -0.39 is 0 Å². The van der Waals surface area contributed by atoms with Crippen molar-refractivity contribution >= 4 is 5.91 Å². The largest absolute Gasteiger partial charge is 0.469 e. The molecule has 0 bridgehead atoms. The molecule has 2 aliphatic heterocycles. The third-order valence-corrected chi connectivity index (χ3v) is 4.74. The number of likely N-dealkylation sites (tertiary alicyclic amines) is 1. The van der Waals surface area contributed by atoms with Gasteiger partial charge in [-0.25, -0.2) is 0 Å². The third kappa shape index (κ3) is 2.62. The zero-order valence-corrected chi connectivity index (χ0v) is 12.1. The van der Waals surface area contributed by atoms with Crippen LogP contribution in [0.2, 0.25) is 0 Å². The fourth-order valence-electron chi connectivity index (χ4n) is 3.52. The van der Waals surface area contributed by atoms with Crippen LogP contribution in [0.25, 0.3) is 0 Å². The molecule has 3 heterocycles. The maximum Gasteiger partial charge on any atom is 0.257 e. The van der Waals surface area contributed by atoms with Crippen LogP contribution in [0.1, 0.15) is 42.3 Å². The van der Waals surface area contributed by atoms with Crippen molar-refractivity contribution in [3.8, 4) is 0 Å². The minimum Gasteiger partial charge on any atom is -0.469 e. The standard InChI is InChI=1S/C16H23NO3/c1-2-15-14(6-10-20-15)16(18)17-7-3-13(11-17)12-4-8-19-9-5-12/h6,10,12-13H,2-5,7-9,11H2,1H3. The van der Waals surface area contributed by atoms with Crippen molar-refractivity contribution in [2.75, 3.05) is 26.3 Å². The van der Waals surface area contributed by atoms with Crippen molar-refractivity contribution < 1.29 is 13.9 Å². The van der Waals surface area contributed by atoms with Crippen molar-refractivity contribution in [3.05, 3.63) is 23.7 Å². The van der Waals surface area contributed by atoms with Crippen molar-refractivity contribution in [1.29, 1.82) is 0 Å². The van der Waals surface area contributed by atoms with Gasteiger partial charge < -0.3 is 14.1 Å². The Bertz CT molecular complexity index is 462. The number of nitrogens with zero attached hydrogens (tertiary/aromatic N) is 1. The van der Waals surface area contributed by atoms with E-state index in [1.807, 2.05) is 17.9 Å². The minimum atomic E-state index is 0.144. The van der Waals surface area contributed by atoms with Crippen LogP contribution in [0.4, 0.5) is 0 Å². The van der Waals surface area contributed by atoms with Crippen LogP contribution in [-0.2, 0) is 11.2 Å². The molecule has 110 valence electrons. The van der Waals surface area contributed by atoms with Gasteiger partial charge in [0, 0.05) is 32.7 Å². The number of carbonyl (C=O) groups is 1. The second kappa shape index (κ2) is 6.00. The van der Waals surface area contributed by atoms with E-state index in [1.54, 1.807) is 6.26 Å². The Balaban J connectivity index is 1.63. The molecule has 1 amide bonds. The fourth-order valence-corrected chi connectivity index (χ4v) is 3.52. The van der Waals surface area contributed by atoms with Crippen LogP contribution in [-0.4, -0.2) is 37.1 Å². The first-order valence-corrected chi connectivity index (χ1v) is 7.73. The molecule has 4 nitrogen and oxygen atoms in total. The maximum atomic E-state index is 12.6. The van der Waals surface area contributed by atoms with Crippen molar-refractivity contribution in [2.24, 2.45) is 11.8 Å². The Labute approximate surface area is 120 Å². The lowest BCUT2D eigenvalue weighted by atomic mass is 9.85. The number of hydrogen-bond acceptors (Lipinski definition) is 3. The van der Waals surface area contributed by atoms with Gasteiger partial charge in [-0.15, -0.1) is 0 Å². The van der Waals surface area contributed by atoms with Gasteiger partial charge in [0.1, 0.15) is 5.76 Å². The summed E-state index contributed by atoms with van der Waals surface area (Å²) < 4.78 is 10.8. The number of rotatable bonds is 3. The summed E-state index contributed by atoms with van der Waals surface area (Å²) in [7, 11) is 0. The first-order chi connectivity index (χ1) is 9.79. The van der Waals surface area contributed by atoms with Gasteiger partial charge in [-0.3, -0.25) is 4.79 Å². The van der Waals surface area contributed by atoms with Crippen molar-refractivity contribution in [2.45, 2.75) is 32.6 Å². The van der Waals surface area contributed by atoms with Gasteiger partial charge in [0.05, 0.1) is 11.8 Å². The average molecular weight is 277 g/mol. The lowest BCUT2D eigenvalue weighted by Crippen LogP contribution is -2.31. The molecule has 1 aromatic rings. The summed E-state index contributed by atoms with van der Waals surface area (Å²) in [4.78, 5) is 14.6. The quantitative estimate of drug-likeness (QED) is 0.853. The number of carbonyl (C=O) groups excluding carboxylic acids is 1. The second-order valence-electron chi connectivity index (χ2n) is 5.86.